The Kier molecular flexibility index (Phi) is 3.46. The third-order valence-corrected chi connectivity index (χ3v) is 5.03. The lowest BCUT2D eigenvalue weighted by Gasteiger charge is -2.40. The molecule has 1 heterocycles. The van der Waals surface area contributed by atoms with E-state index in [1.54, 1.807) is 0 Å². The molecular formula is C22H19NO. The fourth-order valence-corrected chi connectivity index (χ4v) is 3.62. The highest BCUT2D eigenvalue weighted by Crippen LogP contribution is 2.40. The highest BCUT2D eigenvalue weighted by atomic mass is 16.2. The van der Waals surface area contributed by atoms with Crippen molar-refractivity contribution in [3.8, 4) is 0 Å². The number of carbonyl (C=O) groups excluding carboxylic acids is 1. The molecule has 0 atom stereocenters. The molecule has 0 fully saturated rings. The molecule has 2 heteroatoms. The van der Waals surface area contributed by atoms with Crippen LogP contribution in [0.25, 0.3) is 0 Å². The van der Waals surface area contributed by atoms with Crippen LogP contribution in [0.4, 0.5) is 0 Å². The molecule has 1 amide bonds. The second kappa shape index (κ2) is 5.64. The van der Waals surface area contributed by atoms with Crippen molar-refractivity contribution in [1.82, 2.24) is 4.90 Å². The van der Waals surface area contributed by atoms with E-state index >= 15 is 0 Å². The van der Waals surface area contributed by atoms with Crippen molar-refractivity contribution >= 4 is 5.91 Å². The van der Waals surface area contributed by atoms with Gasteiger partial charge < -0.3 is 4.90 Å². The van der Waals surface area contributed by atoms with Crippen LogP contribution >= 0.6 is 0 Å². The standard InChI is InChI=1S/C22H19NO/c1-22(18-11-4-2-5-12-18,19-13-6-3-7-14-19)23-16-17-10-8-9-15-20(17)21(23)24/h2-15H,16H2,1H3. The van der Waals surface area contributed by atoms with Gasteiger partial charge in [0.2, 0.25) is 0 Å². The number of hydrogen-bond acceptors (Lipinski definition) is 1. The zero-order valence-electron chi connectivity index (χ0n) is 13.6. The van der Waals surface area contributed by atoms with Gasteiger partial charge in [0.15, 0.2) is 0 Å². The molecule has 24 heavy (non-hydrogen) atoms. The lowest BCUT2D eigenvalue weighted by Crippen LogP contribution is -2.45. The summed E-state index contributed by atoms with van der Waals surface area (Å²) in [7, 11) is 0. The smallest absolute Gasteiger partial charge is 0.255 e. The molecule has 0 N–H and O–H groups in total. The maximum absolute atomic E-state index is 13.1. The SMILES string of the molecule is CC(c1ccccc1)(c1ccccc1)N1Cc2ccccc2C1=O. The molecule has 118 valence electrons. The van der Waals surface area contributed by atoms with Gasteiger partial charge in [0, 0.05) is 12.1 Å². The predicted octanol–water partition coefficient (Wildman–Crippen LogP) is 4.61. The summed E-state index contributed by atoms with van der Waals surface area (Å²) >= 11 is 0. The highest BCUT2D eigenvalue weighted by molar-refractivity contribution is 5.99. The van der Waals surface area contributed by atoms with Crippen molar-refractivity contribution in [1.29, 1.82) is 0 Å². The van der Waals surface area contributed by atoms with Crippen LogP contribution in [-0.4, -0.2) is 10.8 Å². The van der Waals surface area contributed by atoms with Crippen LogP contribution in [0.5, 0.6) is 0 Å². The topological polar surface area (TPSA) is 20.3 Å². The lowest BCUT2D eigenvalue weighted by molar-refractivity contribution is 0.0608. The Labute approximate surface area is 142 Å². The Bertz CT molecular complexity index is 831. The normalized spacial score (nSPS) is 13.9. The van der Waals surface area contributed by atoms with Crippen LogP contribution in [0.2, 0.25) is 0 Å². The predicted molar refractivity (Wildman–Crippen MR) is 95.7 cm³/mol. The van der Waals surface area contributed by atoms with E-state index in [0.717, 1.165) is 22.3 Å². The van der Waals surface area contributed by atoms with E-state index in [1.807, 2.05) is 65.6 Å². The Morgan fingerprint density at radius 1 is 0.750 bits per heavy atom. The van der Waals surface area contributed by atoms with E-state index in [2.05, 4.69) is 31.2 Å². The van der Waals surface area contributed by atoms with E-state index in [0.29, 0.717) is 6.54 Å². The number of carbonyl (C=O) groups is 1. The summed E-state index contributed by atoms with van der Waals surface area (Å²) in [5.74, 6) is 0.0980. The van der Waals surface area contributed by atoms with Gasteiger partial charge in [0.1, 0.15) is 0 Å². The summed E-state index contributed by atoms with van der Waals surface area (Å²) in [5, 5.41) is 0. The largest absolute Gasteiger partial charge is 0.321 e. The van der Waals surface area contributed by atoms with Crippen LogP contribution in [-0.2, 0) is 12.1 Å². The maximum Gasteiger partial charge on any atom is 0.255 e. The van der Waals surface area contributed by atoms with Gasteiger partial charge in [0.25, 0.3) is 5.91 Å². The van der Waals surface area contributed by atoms with Crippen molar-refractivity contribution < 1.29 is 4.79 Å². The van der Waals surface area contributed by atoms with Crippen molar-refractivity contribution in [2.75, 3.05) is 0 Å². The number of nitrogens with zero attached hydrogens (tertiary/aromatic N) is 1. The Morgan fingerprint density at radius 2 is 1.25 bits per heavy atom. The molecule has 0 aliphatic carbocycles. The molecule has 0 radical (unpaired) electrons. The average Bonchev–Trinajstić information content (AvgIpc) is 3.00. The minimum absolute atomic E-state index is 0.0980. The molecule has 0 unspecified atom stereocenters. The fraction of sp³-hybridized carbons (Fsp3) is 0.136. The van der Waals surface area contributed by atoms with Gasteiger partial charge in [-0.2, -0.15) is 0 Å². The number of benzene rings is 3. The second-order valence-electron chi connectivity index (χ2n) is 6.35. The molecule has 0 spiro atoms. The molecule has 1 aliphatic heterocycles. The van der Waals surface area contributed by atoms with Gasteiger partial charge in [-0.05, 0) is 29.7 Å². The van der Waals surface area contributed by atoms with Crippen molar-refractivity contribution in [3.63, 3.8) is 0 Å². The fourth-order valence-electron chi connectivity index (χ4n) is 3.62. The Hall–Kier alpha value is -2.87. The monoisotopic (exact) mass is 313 g/mol. The van der Waals surface area contributed by atoms with E-state index in [-0.39, 0.29) is 5.91 Å². The molecule has 0 saturated carbocycles. The number of rotatable bonds is 3. The van der Waals surface area contributed by atoms with Crippen LogP contribution in [0.15, 0.2) is 84.9 Å². The van der Waals surface area contributed by atoms with Crippen LogP contribution in [0.3, 0.4) is 0 Å². The summed E-state index contributed by atoms with van der Waals surface area (Å²) in [4.78, 5) is 15.1. The van der Waals surface area contributed by atoms with E-state index in [4.69, 9.17) is 0 Å². The molecule has 0 aromatic heterocycles. The molecule has 2 nitrogen and oxygen atoms in total. The van der Waals surface area contributed by atoms with Crippen LogP contribution < -0.4 is 0 Å². The number of amides is 1. The third-order valence-electron chi connectivity index (χ3n) is 5.03. The summed E-state index contributed by atoms with van der Waals surface area (Å²) in [6.45, 7) is 2.77. The minimum Gasteiger partial charge on any atom is -0.321 e. The maximum atomic E-state index is 13.1. The summed E-state index contributed by atoms with van der Waals surface area (Å²) in [6.07, 6.45) is 0. The number of hydrogen-bond donors (Lipinski definition) is 0. The Morgan fingerprint density at radius 3 is 1.79 bits per heavy atom. The molecule has 0 saturated heterocycles. The third kappa shape index (κ3) is 2.15. The second-order valence-corrected chi connectivity index (χ2v) is 6.35. The van der Waals surface area contributed by atoms with Crippen LogP contribution in [0, 0.1) is 0 Å². The van der Waals surface area contributed by atoms with Crippen molar-refractivity contribution in [2.45, 2.75) is 19.0 Å². The van der Waals surface area contributed by atoms with Gasteiger partial charge in [0.05, 0.1) is 5.54 Å². The highest BCUT2D eigenvalue weighted by Gasteiger charge is 2.42. The zero-order valence-corrected chi connectivity index (χ0v) is 13.6. The van der Waals surface area contributed by atoms with E-state index in [1.165, 1.54) is 0 Å². The summed E-state index contributed by atoms with van der Waals surface area (Å²) < 4.78 is 0. The van der Waals surface area contributed by atoms with E-state index in [9.17, 15) is 4.79 Å². The van der Waals surface area contributed by atoms with Gasteiger partial charge in [-0.25, -0.2) is 0 Å². The molecule has 3 aromatic carbocycles. The first-order valence-electron chi connectivity index (χ1n) is 8.22. The summed E-state index contributed by atoms with van der Waals surface area (Å²) in [6, 6.07) is 28.4. The van der Waals surface area contributed by atoms with Crippen molar-refractivity contribution in [3.05, 3.63) is 107 Å². The minimum atomic E-state index is -0.501. The van der Waals surface area contributed by atoms with Gasteiger partial charge in [-0.1, -0.05) is 78.9 Å². The van der Waals surface area contributed by atoms with Gasteiger partial charge in [-0.3, -0.25) is 4.79 Å². The zero-order chi connectivity index (χ0) is 16.6. The molecule has 3 aromatic rings. The number of fused-ring (bicyclic) bond motifs is 1. The van der Waals surface area contributed by atoms with Crippen molar-refractivity contribution in [2.24, 2.45) is 0 Å². The molecular weight excluding hydrogens is 294 g/mol. The van der Waals surface area contributed by atoms with Gasteiger partial charge >= 0.3 is 0 Å². The molecule has 0 bridgehead atoms. The first kappa shape index (κ1) is 14.7. The molecule has 4 rings (SSSR count). The summed E-state index contributed by atoms with van der Waals surface area (Å²) in [5.41, 5.74) is 3.66. The average molecular weight is 313 g/mol. The molecule has 1 aliphatic rings. The lowest BCUT2D eigenvalue weighted by atomic mass is 9.83. The van der Waals surface area contributed by atoms with E-state index < -0.39 is 5.54 Å². The Balaban J connectivity index is 1.88. The first-order valence-corrected chi connectivity index (χ1v) is 8.22. The quantitative estimate of drug-likeness (QED) is 0.691. The first-order chi connectivity index (χ1) is 11.7. The van der Waals surface area contributed by atoms with Gasteiger partial charge in [-0.15, -0.1) is 0 Å². The van der Waals surface area contributed by atoms with Crippen LogP contribution in [0.1, 0.15) is 34.0 Å².